The van der Waals surface area contributed by atoms with Crippen molar-refractivity contribution in [3.8, 4) is 0 Å². The summed E-state index contributed by atoms with van der Waals surface area (Å²) in [5, 5.41) is 3.38. The van der Waals surface area contributed by atoms with Gasteiger partial charge >= 0.3 is 0 Å². The zero-order chi connectivity index (χ0) is 24.2. The Bertz CT molecular complexity index is 1170. The molecule has 34 heavy (non-hydrogen) atoms. The first-order chi connectivity index (χ1) is 16.4. The number of aliphatic imine (C=N–C) groups is 1. The minimum atomic E-state index is -0.452. The van der Waals surface area contributed by atoms with Gasteiger partial charge in [-0.3, -0.25) is 9.79 Å². The van der Waals surface area contributed by atoms with E-state index in [2.05, 4.69) is 46.0 Å². The summed E-state index contributed by atoms with van der Waals surface area (Å²) in [6.45, 7) is 8.67. The van der Waals surface area contributed by atoms with Crippen LogP contribution in [-0.2, 0) is 9.53 Å². The Balaban J connectivity index is 1.77. The van der Waals surface area contributed by atoms with E-state index in [1.165, 1.54) is 12.1 Å². The van der Waals surface area contributed by atoms with Gasteiger partial charge in [-0.1, -0.05) is 47.6 Å². The smallest absolute Gasteiger partial charge is 0.181 e. The topological polar surface area (TPSA) is 50.7 Å². The summed E-state index contributed by atoms with van der Waals surface area (Å²) in [5.74, 6) is -0.304. The average Bonchev–Trinajstić information content (AvgIpc) is 2.84. The predicted molar refractivity (Wildman–Crippen MR) is 138 cm³/mol. The molecule has 0 bridgehead atoms. The Morgan fingerprint density at radius 2 is 1.94 bits per heavy atom. The molecule has 176 valence electrons. The van der Waals surface area contributed by atoms with E-state index < -0.39 is 6.10 Å². The second kappa shape index (κ2) is 10.6. The molecule has 2 aliphatic rings. The first-order valence-corrected chi connectivity index (χ1v) is 12.2. The van der Waals surface area contributed by atoms with E-state index in [9.17, 15) is 9.18 Å². The molecule has 3 atom stereocenters. The third-order valence-corrected chi connectivity index (χ3v) is 6.70. The standard InChI is InChI=1S/C28H28BrFN2O2/c1-4-17(2)32-18(3)25-14-24(33)16-34-28(25)26-13-21(19-5-9-22(29)10-6-19)15-31-27(26)20-7-11-23(30)12-8-20/h5-14,18,21,28,32H,2,4,15-16H2,1,3H3/t18?,21-,28+/m1/s1. The highest BCUT2D eigenvalue weighted by molar-refractivity contribution is 9.10. The lowest BCUT2D eigenvalue weighted by Crippen LogP contribution is -2.40. The molecule has 4 nitrogen and oxygen atoms in total. The molecule has 2 aromatic rings. The molecule has 6 heteroatoms. The molecule has 0 aliphatic carbocycles. The summed E-state index contributed by atoms with van der Waals surface area (Å²) in [6, 6.07) is 14.4. The van der Waals surface area contributed by atoms with E-state index in [-0.39, 0.29) is 30.2 Å². The first-order valence-electron chi connectivity index (χ1n) is 11.4. The molecule has 2 aliphatic heterocycles. The normalized spacial score (nSPS) is 21.3. The fraction of sp³-hybridized carbons (Fsp3) is 0.286. The van der Waals surface area contributed by atoms with Crippen molar-refractivity contribution in [3.05, 3.63) is 106 Å². The molecule has 0 spiro atoms. The molecule has 0 saturated carbocycles. The molecular weight excluding hydrogens is 495 g/mol. The Kier molecular flexibility index (Phi) is 7.59. The maximum atomic E-state index is 13.6. The summed E-state index contributed by atoms with van der Waals surface area (Å²) in [5.41, 5.74) is 5.35. The molecule has 0 radical (unpaired) electrons. The van der Waals surface area contributed by atoms with Crippen LogP contribution in [0.1, 0.15) is 37.3 Å². The van der Waals surface area contributed by atoms with Gasteiger partial charge in [0.2, 0.25) is 0 Å². The van der Waals surface area contributed by atoms with Gasteiger partial charge in [-0.15, -0.1) is 0 Å². The van der Waals surface area contributed by atoms with Gasteiger partial charge in [0.15, 0.2) is 5.78 Å². The van der Waals surface area contributed by atoms with Crippen molar-refractivity contribution in [3.63, 3.8) is 0 Å². The number of ketones is 1. The largest absolute Gasteiger partial charge is 0.383 e. The molecule has 1 unspecified atom stereocenters. The van der Waals surface area contributed by atoms with Crippen LogP contribution in [0.4, 0.5) is 4.39 Å². The summed E-state index contributed by atoms with van der Waals surface area (Å²) in [7, 11) is 0. The van der Waals surface area contributed by atoms with Crippen LogP contribution in [0.15, 0.2) is 93.6 Å². The Morgan fingerprint density at radius 3 is 2.62 bits per heavy atom. The lowest BCUT2D eigenvalue weighted by atomic mass is 9.83. The van der Waals surface area contributed by atoms with Crippen LogP contribution >= 0.6 is 15.9 Å². The number of ether oxygens (including phenoxy) is 1. The maximum absolute atomic E-state index is 13.6. The van der Waals surface area contributed by atoms with Crippen LogP contribution in [0.2, 0.25) is 0 Å². The van der Waals surface area contributed by atoms with Crippen molar-refractivity contribution in [1.82, 2.24) is 5.32 Å². The summed E-state index contributed by atoms with van der Waals surface area (Å²) >= 11 is 3.50. The van der Waals surface area contributed by atoms with Gasteiger partial charge in [0, 0.05) is 33.3 Å². The van der Waals surface area contributed by atoms with Gasteiger partial charge in [0.25, 0.3) is 0 Å². The highest BCUT2D eigenvalue weighted by Gasteiger charge is 2.34. The summed E-state index contributed by atoms with van der Waals surface area (Å²) < 4.78 is 20.8. The predicted octanol–water partition coefficient (Wildman–Crippen LogP) is 5.90. The number of carbonyl (C=O) groups excluding carboxylic acids is 1. The molecule has 0 aromatic heterocycles. The molecule has 4 rings (SSSR count). The number of nitrogens with zero attached hydrogens (tertiary/aromatic N) is 1. The van der Waals surface area contributed by atoms with E-state index in [1.807, 2.05) is 26.0 Å². The van der Waals surface area contributed by atoms with E-state index in [4.69, 9.17) is 9.73 Å². The number of carbonyl (C=O) groups is 1. The lowest BCUT2D eigenvalue weighted by molar-refractivity contribution is -0.121. The van der Waals surface area contributed by atoms with E-state index >= 15 is 0 Å². The average molecular weight is 523 g/mol. The van der Waals surface area contributed by atoms with Crippen LogP contribution in [0.5, 0.6) is 0 Å². The molecule has 0 fully saturated rings. The van der Waals surface area contributed by atoms with Crippen molar-refractivity contribution < 1.29 is 13.9 Å². The molecule has 2 heterocycles. The maximum Gasteiger partial charge on any atom is 0.181 e. The van der Waals surface area contributed by atoms with Gasteiger partial charge in [0.1, 0.15) is 18.5 Å². The van der Waals surface area contributed by atoms with Crippen molar-refractivity contribution in [2.75, 3.05) is 13.2 Å². The zero-order valence-electron chi connectivity index (χ0n) is 19.4. The van der Waals surface area contributed by atoms with Crippen LogP contribution < -0.4 is 5.32 Å². The fourth-order valence-electron chi connectivity index (χ4n) is 4.30. The monoisotopic (exact) mass is 522 g/mol. The number of rotatable bonds is 7. The van der Waals surface area contributed by atoms with Gasteiger partial charge in [-0.05, 0) is 67.0 Å². The van der Waals surface area contributed by atoms with Gasteiger partial charge in [-0.2, -0.15) is 0 Å². The Labute approximate surface area is 208 Å². The second-order valence-electron chi connectivity index (χ2n) is 8.60. The van der Waals surface area contributed by atoms with E-state index in [1.54, 1.807) is 18.2 Å². The highest BCUT2D eigenvalue weighted by atomic mass is 79.9. The molecule has 0 amide bonds. The summed E-state index contributed by atoms with van der Waals surface area (Å²) in [6.07, 6.45) is 4.20. The van der Waals surface area contributed by atoms with Crippen LogP contribution in [0.3, 0.4) is 0 Å². The third kappa shape index (κ3) is 5.45. The first kappa shape index (κ1) is 24.3. The number of benzene rings is 2. The van der Waals surface area contributed by atoms with Gasteiger partial charge in [-0.25, -0.2) is 4.39 Å². The van der Waals surface area contributed by atoms with Crippen LogP contribution in [-0.4, -0.2) is 36.8 Å². The Morgan fingerprint density at radius 1 is 1.24 bits per heavy atom. The van der Waals surface area contributed by atoms with E-state index in [0.29, 0.717) is 6.54 Å². The molecule has 0 saturated heterocycles. The van der Waals surface area contributed by atoms with Crippen molar-refractivity contribution in [2.24, 2.45) is 4.99 Å². The van der Waals surface area contributed by atoms with E-state index in [0.717, 1.165) is 44.6 Å². The molecule has 1 N–H and O–H groups in total. The molecule has 2 aromatic carbocycles. The quantitative estimate of drug-likeness (QED) is 0.492. The number of nitrogens with one attached hydrogen (secondary N) is 1. The van der Waals surface area contributed by atoms with Crippen LogP contribution in [0, 0.1) is 5.82 Å². The molecular formula is C28H28BrFN2O2. The Hall–Kier alpha value is -2.83. The number of allylic oxidation sites excluding steroid dienone is 1. The minimum absolute atomic E-state index is 0.00655. The number of dihydropyridines is 1. The van der Waals surface area contributed by atoms with Gasteiger partial charge in [0.05, 0.1) is 12.3 Å². The fourth-order valence-corrected chi connectivity index (χ4v) is 4.56. The minimum Gasteiger partial charge on any atom is -0.383 e. The number of halogens is 2. The zero-order valence-corrected chi connectivity index (χ0v) is 20.9. The second-order valence-corrected chi connectivity index (χ2v) is 9.52. The summed E-state index contributed by atoms with van der Waals surface area (Å²) in [4.78, 5) is 17.3. The van der Waals surface area contributed by atoms with Crippen molar-refractivity contribution in [2.45, 2.75) is 38.3 Å². The van der Waals surface area contributed by atoms with Crippen molar-refractivity contribution >= 4 is 27.4 Å². The van der Waals surface area contributed by atoms with Gasteiger partial charge < -0.3 is 10.1 Å². The van der Waals surface area contributed by atoms with Crippen LogP contribution in [0.25, 0.3) is 0 Å². The third-order valence-electron chi connectivity index (χ3n) is 6.17. The van der Waals surface area contributed by atoms with Crippen molar-refractivity contribution in [1.29, 1.82) is 0 Å². The number of hydrogen-bond acceptors (Lipinski definition) is 4. The highest BCUT2D eigenvalue weighted by Crippen LogP contribution is 2.33. The lowest BCUT2D eigenvalue weighted by Gasteiger charge is -2.34. The SMILES string of the molecule is C=C(CC)NC(C)C1=CC(=O)CO[C@@H]1C1=C[C@@H](c2ccc(Br)cc2)CN=C1c1ccc(F)cc1. The number of hydrogen-bond donors (Lipinski definition) is 1.